The second kappa shape index (κ2) is 6.05. The lowest BCUT2D eigenvalue weighted by molar-refractivity contribution is 0.0172. The summed E-state index contributed by atoms with van der Waals surface area (Å²) in [4.78, 5) is 0. The van der Waals surface area contributed by atoms with E-state index in [-0.39, 0.29) is 0 Å². The SMILES string of the molecule is C=Cc1ccccc1C(O)C(O)CCBr. The Morgan fingerprint density at radius 1 is 1.33 bits per heavy atom. The lowest BCUT2D eigenvalue weighted by Gasteiger charge is -2.19. The van der Waals surface area contributed by atoms with Gasteiger partial charge in [0.05, 0.1) is 6.10 Å². The van der Waals surface area contributed by atoms with Gasteiger partial charge < -0.3 is 10.2 Å². The highest BCUT2D eigenvalue weighted by molar-refractivity contribution is 9.09. The van der Waals surface area contributed by atoms with Crippen LogP contribution in [0.2, 0.25) is 0 Å². The molecule has 2 nitrogen and oxygen atoms in total. The Labute approximate surface area is 98.4 Å². The van der Waals surface area contributed by atoms with Gasteiger partial charge in [0, 0.05) is 5.33 Å². The fraction of sp³-hybridized carbons (Fsp3) is 0.333. The highest BCUT2D eigenvalue weighted by Gasteiger charge is 2.19. The summed E-state index contributed by atoms with van der Waals surface area (Å²) in [5.41, 5.74) is 1.58. The Kier molecular flexibility index (Phi) is 5.02. The van der Waals surface area contributed by atoms with E-state index in [0.29, 0.717) is 11.8 Å². The molecule has 1 aromatic rings. The van der Waals surface area contributed by atoms with Gasteiger partial charge in [-0.15, -0.1) is 0 Å². The number of halogens is 1. The summed E-state index contributed by atoms with van der Waals surface area (Å²) in [6.45, 7) is 3.68. The van der Waals surface area contributed by atoms with Crippen LogP contribution in [-0.2, 0) is 0 Å². The Bertz CT molecular complexity index is 325. The van der Waals surface area contributed by atoms with E-state index in [1.807, 2.05) is 18.2 Å². The number of aliphatic hydroxyl groups excluding tert-OH is 2. The van der Waals surface area contributed by atoms with Crippen molar-refractivity contribution in [2.45, 2.75) is 18.6 Å². The summed E-state index contributed by atoms with van der Waals surface area (Å²) in [6.07, 6.45) is 0.605. The average molecular weight is 271 g/mol. The first kappa shape index (κ1) is 12.4. The van der Waals surface area contributed by atoms with Crippen LogP contribution in [0.25, 0.3) is 6.08 Å². The third-order valence-electron chi connectivity index (χ3n) is 2.30. The van der Waals surface area contributed by atoms with Crippen LogP contribution in [0.4, 0.5) is 0 Å². The summed E-state index contributed by atoms with van der Waals surface area (Å²) >= 11 is 3.24. The van der Waals surface area contributed by atoms with Gasteiger partial charge in [-0.2, -0.15) is 0 Å². The molecule has 0 radical (unpaired) electrons. The molecule has 1 rings (SSSR count). The molecule has 0 fully saturated rings. The summed E-state index contributed by atoms with van der Waals surface area (Å²) in [5, 5.41) is 20.3. The van der Waals surface area contributed by atoms with Crippen molar-refractivity contribution < 1.29 is 10.2 Å². The number of hydrogen-bond acceptors (Lipinski definition) is 2. The molecule has 1 aromatic carbocycles. The van der Waals surface area contributed by atoms with Gasteiger partial charge in [-0.05, 0) is 17.5 Å². The predicted molar refractivity (Wildman–Crippen MR) is 65.9 cm³/mol. The standard InChI is InChI=1S/C12H15BrO2/c1-2-9-5-3-4-6-10(9)12(15)11(14)7-8-13/h2-6,11-12,14-15H,1,7-8H2. The van der Waals surface area contributed by atoms with Crippen LogP contribution >= 0.6 is 15.9 Å². The molecule has 0 aliphatic carbocycles. The smallest absolute Gasteiger partial charge is 0.105 e. The van der Waals surface area contributed by atoms with E-state index in [2.05, 4.69) is 22.5 Å². The first-order valence-electron chi connectivity index (χ1n) is 4.84. The third kappa shape index (κ3) is 3.16. The normalized spacial score (nSPS) is 14.6. The van der Waals surface area contributed by atoms with Crippen molar-refractivity contribution in [1.29, 1.82) is 0 Å². The molecule has 2 unspecified atom stereocenters. The van der Waals surface area contributed by atoms with Crippen LogP contribution in [0.5, 0.6) is 0 Å². The van der Waals surface area contributed by atoms with E-state index < -0.39 is 12.2 Å². The summed E-state index contributed by atoms with van der Waals surface area (Å²) in [7, 11) is 0. The molecule has 3 heteroatoms. The lowest BCUT2D eigenvalue weighted by atomic mass is 9.97. The topological polar surface area (TPSA) is 40.5 Å². The second-order valence-corrected chi connectivity index (χ2v) is 4.12. The number of alkyl halides is 1. The summed E-state index contributed by atoms with van der Waals surface area (Å²) < 4.78 is 0. The Balaban J connectivity index is 2.89. The molecule has 0 saturated carbocycles. The van der Waals surface area contributed by atoms with E-state index in [9.17, 15) is 10.2 Å². The maximum atomic E-state index is 9.91. The van der Waals surface area contributed by atoms with E-state index in [0.717, 1.165) is 11.1 Å². The highest BCUT2D eigenvalue weighted by atomic mass is 79.9. The molecule has 0 aliphatic heterocycles. The predicted octanol–water partition coefficient (Wildman–Crippen LogP) is 2.51. The number of benzene rings is 1. The minimum Gasteiger partial charge on any atom is -0.390 e. The van der Waals surface area contributed by atoms with E-state index in [4.69, 9.17) is 0 Å². The molecule has 0 aliphatic rings. The van der Waals surface area contributed by atoms with Crippen molar-refractivity contribution in [3.63, 3.8) is 0 Å². The highest BCUT2D eigenvalue weighted by Crippen LogP contribution is 2.23. The Hall–Kier alpha value is -0.640. The van der Waals surface area contributed by atoms with Crippen molar-refractivity contribution in [2.75, 3.05) is 5.33 Å². The minimum absolute atomic E-state index is 0.520. The van der Waals surface area contributed by atoms with Crippen LogP contribution in [-0.4, -0.2) is 21.6 Å². The van der Waals surface area contributed by atoms with E-state index >= 15 is 0 Å². The van der Waals surface area contributed by atoms with Gasteiger partial charge >= 0.3 is 0 Å². The molecule has 15 heavy (non-hydrogen) atoms. The third-order valence-corrected chi connectivity index (χ3v) is 2.76. The fourth-order valence-electron chi connectivity index (χ4n) is 1.44. The second-order valence-electron chi connectivity index (χ2n) is 3.32. The molecule has 0 spiro atoms. The Morgan fingerprint density at radius 3 is 2.60 bits per heavy atom. The van der Waals surface area contributed by atoms with E-state index in [1.165, 1.54) is 0 Å². The fourth-order valence-corrected chi connectivity index (χ4v) is 1.91. The van der Waals surface area contributed by atoms with Crippen molar-refractivity contribution in [1.82, 2.24) is 0 Å². The monoisotopic (exact) mass is 270 g/mol. The van der Waals surface area contributed by atoms with Crippen LogP contribution in [0.1, 0.15) is 23.7 Å². The molecular formula is C12H15BrO2. The lowest BCUT2D eigenvalue weighted by Crippen LogP contribution is -2.19. The zero-order valence-electron chi connectivity index (χ0n) is 8.44. The Morgan fingerprint density at radius 2 is 2.00 bits per heavy atom. The van der Waals surface area contributed by atoms with Crippen molar-refractivity contribution in [3.8, 4) is 0 Å². The first-order valence-corrected chi connectivity index (χ1v) is 5.96. The van der Waals surface area contributed by atoms with Crippen molar-refractivity contribution in [3.05, 3.63) is 42.0 Å². The van der Waals surface area contributed by atoms with Gasteiger partial charge in [0.25, 0.3) is 0 Å². The molecule has 82 valence electrons. The van der Waals surface area contributed by atoms with Crippen LogP contribution in [0, 0.1) is 0 Å². The zero-order chi connectivity index (χ0) is 11.3. The van der Waals surface area contributed by atoms with Crippen molar-refractivity contribution in [2.24, 2.45) is 0 Å². The van der Waals surface area contributed by atoms with Crippen molar-refractivity contribution >= 4 is 22.0 Å². The maximum Gasteiger partial charge on any atom is 0.105 e. The maximum absolute atomic E-state index is 9.91. The zero-order valence-corrected chi connectivity index (χ0v) is 10.0. The quantitative estimate of drug-likeness (QED) is 0.808. The largest absolute Gasteiger partial charge is 0.390 e. The molecule has 0 aromatic heterocycles. The van der Waals surface area contributed by atoms with Crippen LogP contribution < -0.4 is 0 Å². The molecule has 0 heterocycles. The van der Waals surface area contributed by atoms with Crippen LogP contribution in [0.15, 0.2) is 30.8 Å². The average Bonchev–Trinajstić information content (AvgIpc) is 2.28. The summed E-state index contributed by atoms with van der Waals surface area (Å²) in [5.74, 6) is 0. The van der Waals surface area contributed by atoms with Gasteiger partial charge in [0.2, 0.25) is 0 Å². The molecule has 2 atom stereocenters. The van der Waals surface area contributed by atoms with Gasteiger partial charge in [-0.25, -0.2) is 0 Å². The van der Waals surface area contributed by atoms with Gasteiger partial charge in [0.15, 0.2) is 0 Å². The van der Waals surface area contributed by atoms with Gasteiger partial charge in [-0.3, -0.25) is 0 Å². The minimum atomic E-state index is -0.850. The molecule has 2 N–H and O–H groups in total. The van der Waals surface area contributed by atoms with Gasteiger partial charge in [0.1, 0.15) is 6.10 Å². The number of rotatable bonds is 5. The number of hydrogen-bond donors (Lipinski definition) is 2. The first-order chi connectivity index (χ1) is 7.20. The van der Waals surface area contributed by atoms with E-state index in [1.54, 1.807) is 12.1 Å². The number of aliphatic hydroxyl groups is 2. The molecule has 0 amide bonds. The molecule has 0 saturated heterocycles. The van der Waals surface area contributed by atoms with Gasteiger partial charge in [-0.1, -0.05) is 52.9 Å². The van der Waals surface area contributed by atoms with Crippen LogP contribution in [0.3, 0.4) is 0 Å². The summed E-state index contributed by atoms with van der Waals surface area (Å²) in [6, 6.07) is 7.39. The molecule has 0 bridgehead atoms. The molecular weight excluding hydrogens is 256 g/mol.